The van der Waals surface area contributed by atoms with Gasteiger partial charge in [0, 0.05) is 19.6 Å². The largest absolute Gasteiger partial charge is 0.392 e. The van der Waals surface area contributed by atoms with Crippen molar-refractivity contribution >= 4 is 0 Å². The van der Waals surface area contributed by atoms with E-state index in [1.807, 2.05) is 0 Å². The lowest BCUT2D eigenvalue weighted by molar-refractivity contribution is 0.159. The van der Waals surface area contributed by atoms with Crippen LogP contribution in [0.15, 0.2) is 0 Å². The number of aliphatic hydroxyl groups excluding tert-OH is 1. The van der Waals surface area contributed by atoms with Gasteiger partial charge in [-0.2, -0.15) is 0 Å². The summed E-state index contributed by atoms with van der Waals surface area (Å²) in [7, 11) is 0. The molecule has 80 valence electrons. The molecule has 0 spiro atoms. The van der Waals surface area contributed by atoms with Crippen LogP contribution in [0.1, 0.15) is 33.1 Å². The van der Waals surface area contributed by atoms with Crippen molar-refractivity contribution in [3.05, 3.63) is 0 Å². The van der Waals surface area contributed by atoms with Gasteiger partial charge in [0.2, 0.25) is 0 Å². The van der Waals surface area contributed by atoms with Gasteiger partial charge in [0.15, 0.2) is 0 Å². The molecule has 0 saturated heterocycles. The molecular weight excluding hydrogens is 164 g/mol. The minimum atomic E-state index is -0.165. The first-order chi connectivity index (χ1) is 6.31. The number of rotatable bonds is 9. The molecule has 3 nitrogen and oxygen atoms in total. The second-order valence-electron chi connectivity index (χ2n) is 3.35. The number of aliphatic hydroxyl groups is 1. The summed E-state index contributed by atoms with van der Waals surface area (Å²) in [4.78, 5) is 0. The Morgan fingerprint density at radius 2 is 1.85 bits per heavy atom. The lowest BCUT2D eigenvalue weighted by atomic mass is 10.1. The van der Waals surface area contributed by atoms with Gasteiger partial charge >= 0.3 is 0 Å². The normalized spacial score (nSPS) is 13.2. The van der Waals surface area contributed by atoms with Crippen LogP contribution >= 0.6 is 0 Å². The number of likely N-dealkylation sites (N-methyl/N-ethyl adjacent to an activating group) is 1. The third-order valence-electron chi connectivity index (χ3n) is 2.00. The van der Waals surface area contributed by atoms with Crippen LogP contribution in [-0.4, -0.2) is 37.4 Å². The second-order valence-corrected chi connectivity index (χ2v) is 3.35. The summed E-state index contributed by atoms with van der Waals surface area (Å²) in [6, 6.07) is 0. The third-order valence-corrected chi connectivity index (χ3v) is 2.00. The van der Waals surface area contributed by atoms with Gasteiger partial charge < -0.3 is 15.7 Å². The first kappa shape index (κ1) is 12.9. The molecule has 0 aromatic rings. The van der Waals surface area contributed by atoms with Gasteiger partial charge in [-0.05, 0) is 13.0 Å². The SMILES string of the molecule is CCCCC(O)CNCCNCC. The first-order valence-electron chi connectivity index (χ1n) is 5.40. The summed E-state index contributed by atoms with van der Waals surface area (Å²) < 4.78 is 0. The van der Waals surface area contributed by atoms with Gasteiger partial charge in [-0.25, -0.2) is 0 Å². The fourth-order valence-electron chi connectivity index (χ4n) is 1.16. The summed E-state index contributed by atoms with van der Waals surface area (Å²) in [6.45, 7) is 7.90. The molecule has 0 aliphatic carbocycles. The van der Waals surface area contributed by atoms with Gasteiger partial charge in [0.05, 0.1) is 6.10 Å². The molecule has 0 amide bonds. The molecule has 0 rings (SSSR count). The molecule has 3 heteroatoms. The molecule has 0 heterocycles. The molecule has 3 N–H and O–H groups in total. The van der Waals surface area contributed by atoms with Crippen LogP contribution in [-0.2, 0) is 0 Å². The fourth-order valence-corrected chi connectivity index (χ4v) is 1.16. The predicted molar refractivity (Wildman–Crippen MR) is 56.9 cm³/mol. The van der Waals surface area contributed by atoms with Crippen LogP contribution in [0.25, 0.3) is 0 Å². The van der Waals surface area contributed by atoms with Crippen molar-refractivity contribution in [3.63, 3.8) is 0 Å². The molecule has 0 radical (unpaired) electrons. The van der Waals surface area contributed by atoms with Gasteiger partial charge in [0.25, 0.3) is 0 Å². The summed E-state index contributed by atoms with van der Waals surface area (Å²) in [5.41, 5.74) is 0. The average Bonchev–Trinajstić information content (AvgIpc) is 2.14. The van der Waals surface area contributed by atoms with E-state index in [-0.39, 0.29) is 6.10 Å². The highest BCUT2D eigenvalue weighted by Gasteiger charge is 2.01. The Kier molecular flexibility index (Phi) is 9.87. The van der Waals surface area contributed by atoms with E-state index >= 15 is 0 Å². The number of hydrogen-bond donors (Lipinski definition) is 3. The molecule has 0 fully saturated rings. The molecule has 0 aromatic heterocycles. The van der Waals surface area contributed by atoms with E-state index in [1.54, 1.807) is 0 Å². The summed E-state index contributed by atoms with van der Waals surface area (Å²) in [6.07, 6.45) is 3.04. The van der Waals surface area contributed by atoms with E-state index in [1.165, 1.54) is 0 Å². The fraction of sp³-hybridized carbons (Fsp3) is 1.00. The van der Waals surface area contributed by atoms with E-state index in [0.29, 0.717) is 0 Å². The van der Waals surface area contributed by atoms with Crippen molar-refractivity contribution in [1.29, 1.82) is 0 Å². The van der Waals surface area contributed by atoms with Gasteiger partial charge in [-0.1, -0.05) is 26.7 Å². The van der Waals surface area contributed by atoms with Crippen LogP contribution in [0.3, 0.4) is 0 Å². The van der Waals surface area contributed by atoms with Crippen molar-refractivity contribution in [2.75, 3.05) is 26.2 Å². The Bertz CT molecular complexity index is 98.9. The average molecular weight is 188 g/mol. The summed E-state index contributed by atoms with van der Waals surface area (Å²) >= 11 is 0. The van der Waals surface area contributed by atoms with Gasteiger partial charge in [-0.15, -0.1) is 0 Å². The highest BCUT2D eigenvalue weighted by Crippen LogP contribution is 1.98. The van der Waals surface area contributed by atoms with Crippen molar-refractivity contribution in [1.82, 2.24) is 10.6 Å². The van der Waals surface area contributed by atoms with Crippen molar-refractivity contribution in [2.45, 2.75) is 39.2 Å². The first-order valence-corrected chi connectivity index (χ1v) is 5.40. The standard InChI is InChI=1S/C10H24N2O/c1-3-5-6-10(13)9-12-8-7-11-4-2/h10-13H,3-9H2,1-2H3. The van der Waals surface area contributed by atoms with Crippen LogP contribution < -0.4 is 10.6 Å². The van der Waals surface area contributed by atoms with Crippen molar-refractivity contribution in [2.24, 2.45) is 0 Å². The van der Waals surface area contributed by atoms with E-state index in [9.17, 15) is 5.11 Å². The van der Waals surface area contributed by atoms with Crippen LogP contribution in [0.2, 0.25) is 0 Å². The van der Waals surface area contributed by atoms with E-state index < -0.39 is 0 Å². The zero-order valence-corrected chi connectivity index (χ0v) is 8.97. The lowest BCUT2D eigenvalue weighted by Gasteiger charge is -2.11. The molecule has 1 atom stereocenters. The van der Waals surface area contributed by atoms with E-state index in [4.69, 9.17) is 0 Å². The number of unbranched alkanes of at least 4 members (excludes halogenated alkanes) is 1. The third kappa shape index (κ3) is 9.80. The zero-order valence-electron chi connectivity index (χ0n) is 8.97. The predicted octanol–water partition coefficient (Wildman–Crippen LogP) is 0.737. The van der Waals surface area contributed by atoms with E-state index in [2.05, 4.69) is 24.5 Å². The summed E-state index contributed by atoms with van der Waals surface area (Å²) in [5.74, 6) is 0. The Labute approximate surface area is 81.9 Å². The molecule has 0 aromatic carbocycles. The van der Waals surface area contributed by atoms with E-state index in [0.717, 1.165) is 45.4 Å². The Morgan fingerprint density at radius 3 is 2.46 bits per heavy atom. The second kappa shape index (κ2) is 9.96. The van der Waals surface area contributed by atoms with Crippen LogP contribution in [0, 0.1) is 0 Å². The minimum Gasteiger partial charge on any atom is -0.392 e. The lowest BCUT2D eigenvalue weighted by Crippen LogP contribution is -2.32. The minimum absolute atomic E-state index is 0.165. The molecule has 0 bridgehead atoms. The number of nitrogens with one attached hydrogen (secondary N) is 2. The van der Waals surface area contributed by atoms with Crippen molar-refractivity contribution in [3.8, 4) is 0 Å². The Morgan fingerprint density at radius 1 is 1.15 bits per heavy atom. The Balaban J connectivity index is 3.03. The molecular formula is C10H24N2O. The van der Waals surface area contributed by atoms with Gasteiger partial charge in [0.1, 0.15) is 0 Å². The smallest absolute Gasteiger partial charge is 0.0664 e. The maximum atomic E-state index is 9.45. The van der Waals surface area contributed by atoms with Crippen LogP contribution in [0.5, 0.6) is 0 Å². The number of hydrogen-bond acceptors (Lipinski definition) is 3. The van der Waals surface area contributed by atoms with Crippen LogP contribution in [0.4, 0.5) is 0 Å². The highest BCUT2D eigenvalue weighted by molar-refractivity contribution is 4.59. The zero-order chi connectivity index (χ0) is 9.94. The van der Waals surface area contributed by atoms with Crippen molar-refractivity contribution < 1.29 is 5.11 Å². The molecule has 0 saturated carbocycles. The summed E-state index contributed by atoms with van der Waals surface area (Å²) in [5, 5.41) is 15.9. The Hall–Kier alpha value is -0.120. The molecule has 0 aliphatic rings. The molecule has 1 unspecified atom stereocenters. The highest BCUT2D eigenvalue weighted by atomic mass is 16.3. The molecule has 13 heavy (non-hydrogen) atoms. The topological polar surface area (TPSA) is 44.3 Å². The monoisotopic (exact) mass is 188 g/mol. The maximum absolute atomic E-state index is 9.45. The quantitative estimate of drug-likeness (QED) is 0.468. The molecule has 0 aliphatic heterocycles. The maximum Gasteiger partial charge on any atom is 0.0664 e. The van der Waals surface area contributed by atoms with Gasteiger partial charge in [-0.3, -0.25) is 0 Å².